The molecule has 22 heavy (non-hydrogen) atoms. The van der Waals surface area contributed by atoms with Gasteiger partial charge in [-0.25, -0.2) is 4.79 Å². The summed E-state index contributed by atoms with van der Waals surface area (Å²) in [5, 5.41) is 8.84. The Morgan fingerprint density at radius 1 is 1.23 bits per heavy atom. The number of benzene rings is 1. The topological polar surface area (TPSA) is 66.6 Å². The number of allylic oxidation sites excluding steroid dienone is 1. The minimum Gasteiger partial charge on any atom is -0.478 e. The fourth-order valence-corrected chi connectivity index (χ4v) is 2.51. The zero-order chi connectivity index (χ0) is 16.9. The molecule has 0 saturated carbocycles. The molecule has 0 radical (unpaired) electrons. The lowest BCUT2D eigenvalue weighted by atomic mass is 10.0. The Morgan fingerprint density at radius 2 is 1.77 bits per heavy atom. The van der Waals surface area contributed by atoms with Crippen molar-refractivity contribution in [3.8, 4) is 0 Å². The van der Waals surface area contributed by atoms with E-state index in [-0.39, 0.29) is 0 Å². The molecule has 0 atom stereocenters. The number of nitrogens with zero attached hydrogens (tertiary/aromatic N) is 1. The molecule has 0 amide bonds. The van der Waals surface area contributed by atoms with Crippen molar-refractivity contribution in [3.63, 3.8) is 0 Å². The number of hydrogen-bond acceptors (Lipinski definition) is 3. The number of nitrogen functional groups attached to an aromatic ring is 1. The van der Waals surface area contributed by atoms with E-state index in [1.807, 2.05) is 18.2 Å². The molecule has 4 nitrogen and oxygen atoms in total. The second-order valence-corrected chi connectivity index (χ2v) is 6.63. The Bertz CT molecular complexity index is 538. The monoisotopic (exact) mass is 304 g/mol. The van der Waals surface area contributed by atoms with Crippen molar-refractivity contribution in [2.45, 2.75) is 34.6 Å². The van der Waals surface area contributed by atoms with Crippen LogP contribution in [0.15, 0.2) is 24.3 Å². The van der Waals surface area contributed by atoms with Crippen molar-refractivity contribution in [2.24, 2.45) is 11.8 Å². The maximum atomic E-state index is 10.8. The summed E-state index contributed by atoms with van der Waals surface area (Å²) < 4.78 is 0. The molecule has 0 heterocycles. The van der Waals surface area contributed by atoms with Crippen LogP contribution in [-0.4, -0.2) is 24.2 Å². The van der Waals surface area contributed by atoms with Gasteiger partial charge in [0.15, 0.2) is 0 Å². The van der Waals surface area contributed by atoms with Crippen LogP contribution in [0.3, 0.4) is 0 Å². The molecule has 1 aromatic carbocycles. The smallest absolute Gasteiger partial charge is 0.328 e. The van der Waals surface area contributed by atoms with Crippen LogP contribution in [0.5, 0.6) is 0 Å². The predicted molar refractivity (Wildman–Crippen MR) is 94.0 cm³/mol. The Hall–Kier alpha value is -1.97. The number of carboxylic acid groups (broad SMARTS) is 1. The van der Waals surface area contributed by atoms with E-state index in [0.29, 0.717) is 23.1 Å². The number of carbonyl (C=O) groups is 1. The van der Waals surface area contributed by atoms with Crippen molar-refractivity contribution in [3.05, 3.63) is 29.8 Å². The first-order valence-electron chi connectivity index (χ1n) is 7.76. The van der Waals surface area contributed by atoms with Crippen LogP contribution in [0.25, 0.3) is 5.57 Å². The van der Waals surface area contributed by atoms with E-state index < -0.39 is 5.97 Å². The van der Waals surface area contributed by atoms with E-state index in [9.17, 15) is 4.79 Å². The number of hydrogen-bond donors (Lipinski definition) is 2. The molecular formula is C18H28N2O2. The highest BCUT2D eigenvalue weighted by molar-refractivity contribution is 5.90. The van der Waals surface area contributed by atoms with Gasteiger partial charge in [-0.3, -0.25) is 0 Å². The average molecular weight is 304 g/mol. The summed E-state index contributed by atoms with van der Waals surface area (Å²) in [5.41, 5.74) is 9.48. The van der Waals surface area contributed by atoms with Crippen molar-refractivity contribution in [1.29, 1.82) is 0 Å². The van der Waals surface area contributed by atoms with Crippen LogP contribution in [0.1, 0.15) is 40.2 Å². The van der Waals surface area contributed by atoms with Gasteiger partial charge in [-0.05, 0) is 42.0 Å². The minimum absolute atomic E-state index is 0.548. The van der Waals surface area contributed by atoms with E-state index in [1.54, 1.807) is 6.92 Å². The van der Waals surface area contributed by atoms with E-state index in [4.69, 9.17) is 10.8 Å². The molecule has 0 aliphatic carbocycles. The molecule has 0 aromatic heterocycles. The summed E-state index contributed by atoms with van der Waals surface area (Å²) >= 11 is 0. The van der Waals surface area contributed by atoms with Crippen molar-refractivity contribution < 1.29 is 9.90 Å². The van der Waals surface area contributed by atoms with Gasteiger partial charge in [0, 0.05) is 19.2 Å². The molecule has 122 valence electrons. The SMILES string of the molecule is C/C(=C\C(=O)O)c1ccc(N(CC(C)C)CC(C)C)c(N)c1. The fraction of sp³-hybridized carbons (Fsp3) is 0.500. The maximum Gasteiger partial charge on any atom is 0.328 e. The number of rotatable bonds is 7. The van der Waals surface area contributed by atoms with Crippen LogP contribution < -0.4 is 10.6 Å². The summed E-state index contributed by atoms with van der Waals surface area (Å²) in [4.78, 5) is 13.1. The normalized spacial score (nSPS) is 12.0. The Kier molecular flexibility index (Phi) is 6.47. The van der Waals surface area contributed by atoms with Gasteiger partial charge in [0.1, 0.15) is 0 Å². The van der Waals surface area contributed by atoms with Gasteiger partial charge in [0.05, 0.1) is 11.4 Å². The molecule has 4 heteroatoms. The highest BCUT2D eigenvalue weighted by Crippen LogP contribution is 2.28. The molecule has 0 fully saturated rings. The summed E-state index contributed by atoms with van der Waals surface area (Å²) in [6.45, 7) is 12.4. The highest BCUT2D eigenvalue weighted by Gasteiger charge is 2.14. The van der Waals surface area contributed by atoms with Crippen LogP contribution >= 0.6 is 0 Å². The Balaban J connectivity index is 3.11. The molecule has 0 aliphatic heterocycles. The Morgan fingerprint density at radius 3 is 2.18 bits per heavy atom. The standard InChI is InChI=1S/C18H28N2O2/c1-12(2)10-20(11-13(3)4)17-7-6-15(9-16(17)19)14(5)8-18(21)22/h6-9,12-13H,10-11,19H2,1-5H3,(H,21,22)/b14-8+. The predicted octanol–water partition coefficient (Wildman–Crippen LogP) is 3.88. The molecule has 0 saturated heterocycles. The van der Waals surface area contributed by atoms with Gasteiger partial charge in [-0.15, -0.1) is 0 Å². The molecule has 1 aromatic rings. The van der Waals surface area contributed by atoms with Crippen LogP contribution in [-0.2, 0) is 4.79 Å². The van der Waals surface area contributed by atoms with E-state index in [1.165, 1.54) is 6.08 Å². The lowest BCUT2D eigenvalue weighted by molar-refractivity contribution is -0.131. The van der Waals surface area contributed by atoms with Crippen LogP contribution in [0.2, 0.25) is 0 Å². The Labute approximate surface area is 133 Å². The molecule has 1 rings (SSSR count). The average Bonchev–Trinajstić information content (AvgIpc) is 2.35. The van der Waals surface area contributed by atoms with Gasteiger partial charge in [0.2, 0.25) is 0 Å². The van der Waals surface area contributed by atoms with Crippen LogP contribution in [0.4, 0.5) is 11.4 Å². The number of carboxylic acids is 1. The van der Waals surface area contributed by atoms with Crippen molar-refractivity contribution in [1.82, 2.24) is 0 Å². The number of aliphatic carboxylic acids is 1. The van der Waals surface area contributed by atoms with Gasteiger partial charge < -0.3 is 15.7 Å². The highest BCUT2D eigenvalue weighted by atomic mass is 16.4. The zero-order valence-electron chi connectivity index (χ0n) is 14.3. The molecule has 0 unspecified atom stereocenters. The largest absolute Gasteiger partial charge is 0.478 e. The van der Waals surface area contributed by atoms with E-state index in [0.717, 1.165) is 24.3 Å². The first-order chi connectivity index (χ1) is 10.2. The third-order valence-electron chi connectivity index (χ3n) is 3.33. The number of nitrogens with two attached hydrogens (primary N) is 1. The van der Waals surface area contributed by atoms with Gasteiger partial charge >= 0.3 is 5.97 Å². The van der Waals surface area contributed by atoms with Gasteiger partial charge in [-0.1, -0.05) is 33.8 Å². The molecule has 0 spiro atoms. The first kappa shape index (κ1) is 18.1. The second kappa shape index (κ2) is 7.87. The summed E-state index contributed by atoms with van der Waals surface area (Å²) in [6, 6.07) is 5.79. The maximum absolute atomic E-state index is 10.8. The van der Waals surface area contributed by atoms with Gasteiger partial charge in [0.25, 0.3) is 0 Å². The summed E-state index contributed by atoms with van der Waals surface area (Å²) in [7, 11) is 0. The zero-order valence-corrected chi connectivity index (χ0v) is 14.3. The molecule has 0 aliphatic rings. The van der Waals surface area contributed by atoms with Gasteiger partial charge in [-0.2, -0.15) is 0 Å². The molecule has 0 bridgehead atoms. The third-order valence-corrected chi connectivity index (χ3v) is 3.33. The summed E-state index contributed by atoms with van der Waals surface area (Å²) in [6.07, 6.45) is 1.20. The lowest BCUT2D eigenvalue weighted by Gasteiger charge is -2.30. The fourth-order valence-electron chi connectivity index (χ4n) is 2.51. The van der Waals surface area contributed by atoms with Crippen LogP contribution in [0, 0.1) is 11.8 Å². The second-order valence-electron chi connectivity index (χ2n) is 6.63. The first-order valence-corrected chi connectivity index (χ1v) is 7.76. The van der Waals surface area contributed by atoms with E-state index in [2.05, 4.69) is 32.6 Å². The lowest BCUT2D eigenvalue weighted by Crippen LogP contribution is -2.31. The molecular weight excluding hydrogens is 276 g/mol. The quantitative estimate of drug-likeness (QED) is 0.592. The van der Waals surface area contributed by atoms with E-state index >= 15 is 0 Å². The third kappa shape index (κ3) is 5.43. The number of anilines is 2. The van der Waals surface area contributed by atoms with Crippen molar-refractivity contribution >= 4 is 22.9 Å². The minimum atomic E-state index is -0.943. The molecule has 3 N–H and O–H groups in total. The van der Waals surface area contributed by atoms with Crippen molar-refractivity contribution in [2.75, 3.05) is 23.7 Å². The summed E-state index contributed by atoms with van der Waals surface area (Å²) in [5.74, 6) is 0.152.